The quantitative estimate of drug-likeness (QED) is 0.758. The number of nitrogens with two attached hydrogens (primary N) is 1. The molecule has 0 saturated carbocycles. The van der Waals surface area contributed by atoms with Crippen molar-refractivity contribution in [2.45, 2.75) is 6.92 Å². The predicted octanol–water partition coefficient (Wildman–Crippen LogP) is 0.557. The number of carboxylic acid groups (broad SMARTS) is 1. The highest BCUT2D eigenvalue weighted by molar-refractivity contribution is 5.88. The van der Waals surface area contributed by atoms with E-state index in [-0.39, 0.29) is 12.2 Å². The van der Waals surface area contributed by atoms with Crippen molar-refractivity contribution in [1.82, 2.24) is 0 Å². The van der Waals surface area contributed by atoms with Crippen LogP contribution >= 0.6 is 0 Å². The highest BCUT2D eigenvalue weighted by Gasteiger charge is 2.06. The Labute approximate surface area is 86.5 Å². The number of carbonyl (C=O) groups is 2. The molecule has 0 aliphatic carbocycles. The first kappa shape index (κ1) is 11.0. The van der Waals surface area contributed by atoms with E-state index in [2.05, 4.69) is 0 Å². The average molecular weight is 209 g/mol. The standard InChI is InChI=1S/C10H11NO4/c1-6-4-7(10(13)14)2-3-8(6)15-5-9(11)12/h2-4H,5H2,1H3,(H2,11,12)(H,13,14). The van der Waals surface area contributed by atoms with Gasteiger partial charge in [0.25, 0.3) is 5.91 Å². The van der Waals surface area contributed by atoms with Gasteiger partial charge >= 0.3 is 5.97 Å². The van der Waals surface area contributed by atoms with Gasteiger partial charge in [-0.1, -0.05) is 0 Å². The van der Waals surface area contributed by atoms with Gasteiger partial charge in [-0.2, -0.15) is 0 Å². The second kappa shape index (κ2) is 4.45. The number of hydrogen-bond acceptors (Lipinski definition) is 3. The van der Waals surface area contributed by atoms with Gasteiger partial charge in [-0.05, 0) is 30.7 Å². The number of ether oxygens (including phenoxy) is 1. The zero-order valence-corrected chi connectivity index (χ0v) is 8.19. The van der Waals surface area contributed by atoms with E-state index in [9.17, 15) is 9.59 Å². The molecule has 3 N–H and O–H groups in total. The van der Waals surface area contributed by atoms with Crippen LogP contribution in [0.2, 0.25) is 0 Å². The van der Waals surface area contributed by atoms with Crippen molar-refractivity contribution < 1.29 is 19.4 Å². The minimum absolute atomic E-state index is 0.180. The zero-order valence-electron chi connectivity index (χ0n) is 8.19. The molecule has 0 spiro atoms. The molecule has 0 heterocycles. The summed E-state index contributed by atoms with van der Waals surface area (Å²) in [7, 11) is 0. The smallest absolute Gasteiger partial charge is 0.335 e. The van der Waals surface area contributed by atoms with E-state index in [0.29, 0.717) is 11.3 Å². The van der Waals surface area contributed by atoms with Crippen LogP contribution in [0.15, 0.2) is 18.2 Å². The van der Waals surface area contributed by atoms with E-state index in [1.165, 1.54) is 18.2 Å². The first-order chi connectivity index (χ1) is 7.00. The van der Waals surface area contributed by atoms with Crippen molar-refractivity contribution in [1.29, 1.82) is 0 Å². The fraction of sp³-hybridized carbons (Fsp3) is 0.200. The molecule has 5 nitrogen and oxygen atoms in total. The number of rotatable bonds is 4. The Balaban J connectivity index is 2.83. The van der Waals surface area contributed by atoms with Crippen LogP contribution in [0.4, 0.5) is 0 Å². The molecule has 5 heteroatoms. The molecule has 0 atom stereocenters. The molecular weight excluding hydrogens is 198 g/mol. The van der Waals surface area contributed by atoms with Gasteiger partial charge in [-0.15, -0.1) is 0 Å². The van der Waals surface area contributed by atoms with E-state index in [1.54, 1.807) is 6.92 Å². The molecule has 0 radical (unpaired) electrons. The lowest BCUT2D eigenvalue weighted by atomic mass is 10.1. The van der Waals surface area contributed by atoms with Crippen LogP contribution in [0.1, 0.15) is 15.9 Å². The van der Waals surface area contributed by atoms with Crippen molar-refractivity contribution in [2.24, 2.45) is 5.73 Å². The molecule has 0 aromatic heterocycles. The molecule has 0 aliphatic heterocycles. The fourth-order valence-corrected chi connectivity index (χ4v) is 1.09. The Hall–Kier alpha value is -2.04. The van der Waals surface area contributed by atoms with Gasteiger partial charge in [0.15, 0.2) is 6.61 Å². The normalized spacial score (nSPS) is 9.67. The molecule has 0 fully saturated rings. The third kappa shape index (κ3) is 2.98. The zero-order chi connectivity index (χ0) is 11.4. The lowest BCUT2D eigenvalue weighted by molar-refractivity contribution is -0.119. The molecule has 80 valence electrons. The summed E-state index contributed by atoms with van der Waals surface area (Å²) in [5, 5.41) is 8.70. The van der Waals surface area contributed by atoms with Crippen LogP contribution in [-0.2, 0) is 4.79 Å². The molecule has 1 aromatic rings. The van der Waals surface area contributed by atoms with Crippen LogP contribution in [-0.4, -0.2) is 23.6 Å². The van der Waals surface area contributed by atoms with E-state index in [0.717, 1.165) is 0 Å². The third-order valence-corrected chi connectivity index (χ3v) is 1.79. The largest absolute Gasteiger partial charge is 0.484 e. The van der Waals surface area contributed by atoms with Crippen molar-refractivity contribution in [3.8, 4) is 5.75 Å². The highest BCUT2D eigenvalue weighted by atomic mass is 16.5. The van der Waals surface area contributed by atoms with Gasteiger partial charge in [0.1, 0.15) is 5.75 Å². The Bertz CT molecular complexity index is 400. The molecule has 1 aromatic carbocycles. The molecule has 0 saturated heterocycles. The first-order valence-corrected chi connectivity index (χ1v) is 4.25. The molecule has 1 amide bonds. The van der Waals surface area contributed by atoms with E-state index >= 15 is 0 Å². The number of amides is 1. The highest BCUT2D eigenvalue weighted by Crippen LogP contribution is 2.18. The summed E-state index contributed by atoms with van der Waals surface area (Å²) in [4.78, 5) is 21.1. The van der Waals surface area contributed by atoms with Gasteiger partial charge in [-0.3, -0.25) is 4.79 Å². The first-order valence-electron chi connectivity index (χ1n) is 4.25. The van der Waals surface area contributed by atoms with Crippen LogP contribution in [0, 0.1) is 6.92 Å². The minimum Gasteiger partial charge on any atom is -0.484 e. The number of aryl methyl sites for hydroxylation is 1. The number of hydrogen-bond donors (Lipinski definition) is 2. The Morgan fingerprint density at radius 2 is 2.13 bits per heavy atom. The monoisotopic (exact) mass is 209 g/mol. The maximum atomic E-state index is 10.6. The van der Waals surface area contributed by atoms with Crippen molar-refractivity contribution in [3.63, 3.8) is 0 Å². The molecule has 0 bridgehead atoms. The van der Waals surface area contributed by atoms with Crippen molar-refractivity contribution >= 4 is 11.9 Å². The molecular formula is C10H11NO4. The van der Waals surface area contributed by atoms with Gasteiger partial charge < -0.3 is 15.6 Å². The summed E-state index contributed by atoms with van der Waals surface area (Å²) in [6.45, 7) is 1.48. The second-order valence-corrected chi connectivity index (χ2v) is 3.04. The van der Waals surface area contributed by atoms with Crippen molar-refractivity contribution in [2.75, 3.05) is 6.61 Å². The van der Waals surface area contributed by atoms with Crippen LogP contribution in [0.5, 0.6) is 5.75 Å². The van der Waals surface area contributed by atoms with E-state index < -0.39 is 11.9 Å². The number of carbonyl (C=O) groups excluding carboxylic acids is 1. The number of aromatic carboxylic acids is 1. The third-order valence-electron chi connectivity index (χ3n) is 1.79. The van der Waals surface area contributed by atoms with Gasteiger partial charge in [0, 0.05) is 0 Å². The van der Waals surface area contributed by atoms with E-state index in [1.807, 2.05) is 0 Å². The molecule has 0 unspecified atom stereocenters. The maximum absolute atomic E-state index is 10.6. The van der Waals surface area contributed by atoms with Crippen LogP contribution < -0.4 is 10.5 Å². The van der Waals surface area contributed by atoms with Gasteiger partial charge in [0.05, 0.1) is 5.56 Å². The van der Waals surface area contributed by atoms with Crippen LogP contribution in [0.25, 0.3) is 0 Å². The minimum atomic E-state index is -1.00. The summed E-state index contributed by atoms with van der Waals surface area (Å²) < 4.78 is 5.07. The Kier molecular flexibility index (Phi) is 3.28. The van der Waals surface area contributed by atoms with Crippen LogP contribution in [0.3, 0.4) is 0 Å². The SMILES string of the molecule is Cc1cc(C(=O)O)ccc1OCC(N)=O. The summed E-state index contributed by atoms with van der Waals surface area (Å²) >= 11 is 0. The topological polar surface area (TPSA) is 89.6 Å². The van der Waals surface area contributed by atoms with Gasteiger partial charge in [0.2, 0.25) is 0 Å². The lowest BCUT2D eigenvalue weighted by Gasteiger charge is -2.07. The Morgan fingerprint density at radius 1 is 1.47 bits per heavy atom. The fourth-order valence-electron chi connectivity index (χ4n) is 1.09. The predicted molar refractivity (Wildman–Crippen MR) is 52.8 cm³/mol. The van der Waals surface area contributed by atoms with Gasteiger partial charge in [-0.25, -0.2) is 4.79 Å². The summed E-state index contributed by atoms with van der Waals surface area (Å²) in [6, 6.07) is 4.38. The second-order valence-electron chi connectivity index (χ2n) is 3.04. The molecule has 15 heavy (non-hydrogen) atoms. The summed E-state index contributed by atoms with van der Waals surface area (Å²) in [6.07, 6.45) is 0. The average Bonchev–Trinajstić information content (AvgIpc) is 2.15. The van der Waals surface area contributed by atoms with Crippen molar-refractivity contribution in [3.05, 3.63) is 29.3 Å². The number of primary amides is 1. The summed E-state index contributed by atoms with van der Waals surface area (Å²) in [5.74, 6) is -1.12. The number of carboxylic acids is 1. The maximum Gasteiger partial charge on any atom is 0.335 e. The molecule has 1 rings (SSSR count). The number of benzene rings is 1. The molecule has 0 aliphatic rings. The summed E-state index contributed by atoms with van der Waals surface area (Å²) in [5.41, 5.74) is 5.74. The Morgan fingerprint density at radius 3 is 2.60 bits per heavy atom. The van der Waals surface area contributed by atoms with E-state index in [4.69, 9.17) is 15.6 Å². The lowest BCUT2D eigenvalue weighted by Crippen LogP contribution is -2.20.